The van der Waals surface area contributed by atoms with Crippen LogP contribution in [0.4, 0.5) is 0 Å². The predicted octanol–water partition coefficient (Wildman–Crippen LogP) is -4.83. The normalized spacial score (nSPS) is 15.1. The molecule has 4 rings (SSSR count). The smallest absolute Gasteiger partial charge is 0.245 e. The number of nitrogens with two attached hydrogens (primary N) is 10. The molecule has 0 unspecified atom stereocenters. The largest absolute Gasteiger partial charge is 0.370 e. The molecule has 1 aliphatic rings. The van der Waals surface area contributed by atoms with E-state index in [1.807, 2.05) is 18.2 Å². The van der Waals surface area contributed by atoms with Gasteiger partial charge in [0.25, 0.3) is 0 Å². The zero-order chi connectivity index (χ0) is 81.2. The SMILES string of the molecule is CSCC[C@H](NC(=O)[C@H](Cc1ccccc1)NC(=O)[C@H](CCCN=C(N)N)NC(C)=O)C(=O)N[C@@H](Cc1c[nH]c2ccccc12)C(=O)N[C@@H](CCSC)C(=O)N[C@@H](CCCN=C(N)N)C(=O)N[C@@H](CCCN=C(N)N)C(=O)N[C@@H](C)C(=O)N[C@@H](CCCN=C(N)N)C(=O)N1CCC[C@H]1C(=O)N[C@@H](CCCCN)C(N)=O. The number of aromatic amines is 1. The van der Waals surface area contributed by atoms with E-state index in [0.29, 0.717) is 53.6 Å². The highest BCUT2D eigenvalue weighted by atomic mass is 32.2. The number of unbranched alkanes of at least 4 members (excludes halogenated alkanes) is 1. The van der Waals surface area contributed by atoms with E-state index in [1.54, 1.807) is 55.1 Å². The minimum absolute atomic E-state index is 0.0124. The van der Waals surface area contributed by atoms with Gasteiger partial charge in [-0.15, -0.1) is 0 Å². The van der Waals surface area contributed by atoms with E-state index >= 15 is 4.79 Å². The van der Waals surface area contributed by atoms with Gasteiger partial charge in [-0.2, -0.15) is 23.5 Å². The standard InChI is InChI=1S/C70H114N26O12S2/c1-40(57(99)93-52(25-15-33-84-70(79)80)66(108)96-34-16-26-55(96)65(107)88-46(56(72)98)21-10-11-29-71)86-58(100)48(23-13-31-82-68(75)76)89-60(102)49(24-14-32-83-69(77)78)90-61(103)50(27-35-109-3)92-64(106)54(38-43-39-85-45-20-9-8-19-44(43)45)95-62(104)51(28-36-110-4)91-63(105)53(37-42-17-6-5-7-18-42)94-59(101)47(87-41(2)97)22-12-30-81-67(73)74/h5-9,17-20,39-40,46-55,85H,10-16,21-38,71H2,1-4H3,(H2,72,98)(H,86,100)(H,87,97)(H,88,107)(H,89,102)(H,90,103)(H,91,105)(H,92,106)(H,93,99)(H,94,101)(H,95,104)(H4,73,74,81)(H4,75,76,82)(H4,77,78,83)(H4,79,80,84)/t40-,46-,47-,48-,49-,50-,51-,52-,53-,54-,55-/m0/s1. The van der Waals surface area contributed by atoms with Crippen molar-refractivity contribution >= 4 is 129 Å². The van der Waals surface area contributed by atoms with Crippen molar-refractivity contribution in [2.45, 2.75) is 189 Å². The van der Waals surface area contributed by atoms with Gasteiger partial charge in [0.15, 0.2) is 23.8 Å². The summed E-state index contributed by atoms with van der Waals surface area (Å²) in [5.74, 6) is -9.37. The fourth-order valence-corrected chi connectivity index (χ4v) is 12.9. The van der Waals surface area contributed by atoms with Gasteiger partial charge in [0, 0.05) is 69.6 Å². The summed E-state index contributed by atoms with van der Waals surface area (Å²) < 4.78 is 0. The number of carbonyl (C=O) groups excluding carboxylic acids is 12. The second-order valence-electron chi connectivity index (χ2n) is 26.5. The maximum atomic E-state index is 15.2. The number of likely N-dealkylation sites (tertiary alicyclic amines) is 1. The number of nitrogens with zero attached hydrogens (tertiary/aromatic N) is 5. The third-order valence-electron chi connectivity index (χ3n) is 17.7. The van der Waals surface area contributed by atoms with Crippen molar-refractivity contribution in [2.24, 2.45) is 77.3 Å². The Hall–Kier alpha value is -10.6. The summed E-state index contributed by atoms with van der Waals surface area (Å²) in [5.41, 5.74) is 57.9. The van der Waals surface area contributed by atoms with E-state index in [9.17, 15) is 52.7 Å². The molecule has 12 amide bonds. The summed E-state index contributed by atoms with van der Waals surface area (Å²) in [4.78, 5) is 191. The zero-order valence-corrected chi connectivity index (χ0v) is 64.7. The maximum absolute atomic E-state index is 15.2. The average Bonchev–Trinajstić information content (AvgIpc) is 1.66. The molecule has 11 atom stereocenters. The number of rotatable bonds is 51. The number of guanidine groups is 4. The Kier molecular flexibility index (Phi) is 41.2. The molecule has 0 saturated carbocycles. The molecule has 110 heavy (non-hydrogen) atoms. The molecule has 1 aliphatic heterocycles. The van der Waals surface area contributed by atoms with Gasteiger partial charge >= 0.3 is 0 Å². The topological polar surface area (TPSA) is 654 Å². The number of aromatic nitrogens is 1. The summed E-state index contributed by atoms with van der Waals surface area (Å²) in [6.45, 7) is 3.24. The fraction of sp³-hybridized carbons (Fsp3) is 0.571. The molecule has 3 aromatic rings. The van der Waals surface area contributed by atoms with Crippen LogP contribution < -0.4 is 111 Å². The summed E-state index contributed by atoms with van der Waals surface area (Å²) in [6, 6.07) is 1.80. The third kappa shape index (κ3) is 33.5. The molecule has 0 bridgehead atoms. The molecule has 0 spiro atoms. The highest BCUT2D eigenvalue weighted by Crippen LogP contribution is 2.23. The molecule has 2 aromatic carbocycles. The first kappa shape index (κ1) is 91.7. The number of hydrogen-bond acceptors (Lipinski definition) is 19. The Balaban J connectivity index is 1.67. The number of fused-ring (bicyclic) bond motifs is 1. The fourth-order valence-electron chi connectivity index (χ4n) is 12.0. The van der Waals surface area contributed by atoms with Crippen LogP contribution >= 0.6 is 23.5 Å². The van der Waals surface area contributed by atoms with E-state index in [1.165, 1.54) is 42.3 Å². The Morgan fingerprint density at radius 1 is 0.464 bits per heavy atom. The van der Waals surface area contributed by atoms with Crippen LogP contribution in [0.25, 0.3) is 10.9 Å². The van der Waals surface area contributed by atoms with E-state index in [0.717, 1.165) is 0 Å². The lowest BCUT2D eigenvalue weighted by Crippen LogP contribution is -2.61. The number of thioether (sulfide) groups is 2. The lowest BCUT2D eigenvalue weighted by molar-refractivity contribution is -0.142. The first-order chi connectivity index (χ1) is 52.5. The molecule has 38 nitrogen and oxygen atoms in total. The van der Waals surface area contributed by atoms with E-state index < -0.39 is 137 Å². The summed E-state index contributed by atoms with van der Waals surface area (Å²) in [6.07, 6.45) is 7.45. The molecule has 1 fully saturated rings. The number of H-pyrrole nitrogens is 1. The molecule has 1 aromatic heterocycles. The van der Waals surface area contributed by atoms with Gasteiger partial charge in [-0.25, -0.2) is 0 Å². The van der Waals surface area contributed by atoms with Crippen molar-refractivity contribution in [3.05, 3.63) is 71.9 Å². The van der Waals surface area contributed by atoms with Crippen LogP contribution in [-0.2, 0) is 70.4 Å². The first-order valence-electron chi connectivity index (χ1n) is 36.6. The molecule has 608 valence electrons. The minimum atomic E-state index is -1.47. The van der Waals surface area contributed by atoms with Gasteiger partial charge in [0.1, 0.15) is 66.5 Å². The quantitative estimate of drug-likeness (QED) is 0.0143. The second kappa shape index (κ2) is 49.4. The van der Waals surface area contributed by atoms with Crippen molar-refractivity contribution in [1.82, 2.24) is 63.1 Å². The number of carbonyl (C=O) groups is 12. The Labute approximate surface area is 648 Å². The molecule has 0 radical (unpaired) electrons. The van der Waals surface area contributed by atoms with Gasteiger partial charge in [0.2, 0.25) is 70.9 Å². The number of benzene rings is 2. The van der Waals surface area contributed by atoms with Crippen LogP contribution in [0.5, 0.6) is 0 Å². The molecule has 31 N–H and O–H groups in total. The lowest BCUT2D eigenvalue weighted by atomic mass is 10.0. The van der Waals surface area contributed by atoms with Gasteiger partial charge in [-0.1, -0.05) is 48.5 Å². The number of nitrogens with one attached hydrogen (secondary N) is 11. The minimum Gasteiger partial charge on any atom is -0.370 e. The number of hydrogen-bond donors (Lipinski definition) is 21. The van der Waals surface area contributed by atoms with E-state index in [2.05, 4.69) is 78.1 Å². The van der Waals surface area contributed by atoms with Gasteiger partial charge < -0.3 is 120 Å². The first-order valence-corrected chi connectivity index (χ1v) is 39.3. The van der Waals surface area contributed by atoms with Crippen molar-refractivity contribution < 1.29 is 57.5 Å². The van der Waals surface area contributed by atoms with Crippen LogP contribution in [0, 0.1) is 0 Å². The summed E-state index contributed by atoms with van der Waals surface area (Å²) in [5, 5.41) is 28.0. The van der Waals surface area contributed by atoms with Crippen LogP contribution in [-0.4, -0.2) is 234 Å². The molecule has 40 heteroatoms. The molecule has 1 saturated heterocycles. The Bertz CT molecular complexity index is 3640. The van der Waals surface area contributed by atoms with Gasteiger partial charge in [-0.3, -0.25) is 77.5 Å². The number of amides is 12. The van der Waals surface area contributed by atoms with E-state index in [-0.39, 0.29) is 152 Å². The van der Waals surface area contributed by atoms with Crippen LogP contribution in [0.3, 0.4) is 0 Å². The highest BCUT2D eigenvalue weighted by Gasteiger charge is 2.40. The molecular formula is C70H114N26O12S2. The van der Waals surface area contributed by atoms with Crippen LogP contribution in [0.2, 0.25) is 0 Å². The molecule has 2 heterocycles. The third-order valence-corrected chi connectivity index (χ3v) is 19.0. The van der Waals surface area contributed by atoms with Crippen molar-refractivity contribution in [3.8, 4) is 0 Å². The van der Waals surface area contributed by atoms with Gasteiger partial charge in [0.05, 0.1) is 0 Å². The second-order valence-corrected chi connectivity index (χ2v) is 28.4. The molecular weight excluding hydrogens is 1460 g/mol. The van der Waals surface area contributed by atoms with Gasteiger partial charge in [-0.05, 0) is 151 Å². The lowest BCUT2D eigenvalue weighted by Gasteiger charge is -2.30. The maximum Gasteiger partial charge on any atom is 0.245 e. The van der Waals surface area contributed by atoms with Crippen LogP contribution in [0.15, 0.2) is 80.8 Å². The summed E-state index contributed by atoms with van der Waals surface area (Å²) >= 11 is 2.72. The van der Waals surface area contributed by atoms with Crippen molar-refractivity contribution in [3.63, 3.8) is 0 Å². The van der Waals surface area contributed by atoms with E-state index in [4.69, 9.17) is 57.3 Å². The zero-order valence-electron chi connectivity index (χ0n) is 63.0. The highest BCUT2D eigenvalue weighted by molar-refractivity contribution is 7.98. The Morgan fingerprint density at radius 3 is 1.32 bits per heavy atom. The molecule has 0 aliphatic carbocycles. The number of para-hydroxylation sites is 1. The van der Waals surface area contributed by atoms with Crippen molar-refractivity contribution in [2.75, 3.05) is 63.3 Å². The average molecular weight is 1580 g/mol. The Morgan fingerprint density at radius 2 is 0.864 bits per heavy atom. The monoisotopic (exact) mass is 1570 g/mol. The summed E-state index contributed by atoms with van der Waals surface area (Å²) in [7, 11) is 0. The predicted molar refractivity (Wildman–Crippen MR) is 425 cm³/mol. The number of aliphatic imine (C=N–C) groups is 4. The number of primary amides is 1. The van der Waals surface area contributed by atoms with Crippen LogP contribution in [0.1, 0.15) is 121 Å². The van der Waals surface area contributed by atoms with Crippen molar-refractivity contribution in [1.29, 1.82) is 0 Å².